The molecule has 0 amide bonds. The Balaban J connectivity index is 0.000000460. The molecule has 2 aromatic rings. The van der Waals surface area contributed by atoms with E-state index in [0.717, 1.165) is 0 Å². The van der Waals surface area contributed by atoms with E-state index in [1.807, 2.05) is 0 Å². The zero-order chi connectivity index (χ0) is 16.5. The molecule has 129 valence electrons. The molecule has 0 saturated carbocycles. The minimum atomic E-state index is -1.27. The first-order valence-corrected chi connectivity index (χ1v) is 8.54. The second kappa shape index (κ2) is 11.1. The summed E-state index contributed by atoms with van der Waals surface area (Å²) in [6.45, 7) is 3.44. The monoisotopic (exact) mass is 403 g/mol. The van der Waals surface area contributed by atoms with Gasteiger partial charge in [0.2, 0.25) is 0 Å². The Morgan fingerprint density at radius 3 is 2.04 bits per heavy atom. The predicted molar refractivity (Wildman–Crippen MR) is 89.3 cm³/mol. The van der Waals surface area contributed by atoms with E-state index in [0.29, 0.717) is 10.4 Å². The van der Waals surface area contributed by atoms with Crippen LogP contribution in [0.15, 0.2) is 63.5 Å². The molecule has 0 aliphatic heterocycles. The summed E-state index contributed by atoms with van der Waals surface area (Å²) < 4.78 is 5.17. The van der Waals surface area contributed by atoms with Crippen LogP contribution in [0.25, 0.3) is 0 Å². The van der Waals surface area contributed by atoms with E-state index in [-0.39, 0.29) is 28.1 Å². The molecule has 0 bridgehead atoms. The van der Waals surface area contributed by atoms with Crippen molar-refractivity contribution in [1.29, 1.82) is 0 Å². The van der Waals surface area contributed by atoms with Crippen molar-refractivity contribution in [2.75, 3.05) is 0 Å². The Morgan fingerprint density at radius 1 is 1.13 bits per heavy atom. The summed E-state index contributed by atoms with van der Waals surface area (Å²) in [6.07, 6.45) is 4.65. The topological polar surface area (TPSA) is 90.9 Å². The van der Waals surface area contributed by atoms with Crippen LogP contribution in [-0.2, 0) is 17.1 Å². The van der Waals surface area contributed by atoms with Gasteiger partial charge in [-0.15, -0.1) is 11.3 Å². The van der Waals surface area contributed by atoms with Crippen LogP contribution in [0.3, 0.4) is 0 Å². The van der Waals surface area contributed by atoms with Crippen LogP contribution in [0.2, 0.25) is 0 Å². The number of aromatic carboxylic acids is 1. The number of hydrogen-bond donors (Lipinski definition) is 3. The first-order valence-electron chi connectivity index (χ1n) is 6.32. The van der Waals surface area contributed by atoms with Crippen LogP contribution in [0.5, 0.6) is 0 Å². The summed E-state index contributed by atoms with van der Waals surface area (Å²) in [6, 6.07) is 6.77. The number of carboxylic acid groups (broad SMARTS) is 1. The quantitative estimate of drug-likeness (QED) is 0.392. The minimum absolute atomic E-state index is 0. The predicted octanol–water partition coefficient (Wildman–Crippen LogP) is 4.67. The van der Waals surface area contributed by atoms with E-state index in [1.165, 1.54) is 17.6 Å². The van der Waals surface area contributed by atoms with E-state index in [1.54, 1.807) is 55.6 Å². The molecule has 2 heterocycles. The van der Waals surface area contributed by atoms with E-state index in [9.17, 15) is 15.0 Å². The first-order chi connectivity index (χ1) is 10.5. The maximum absolute atomic E-state index is 10.1. The number of rotatable bonds is 4. The van der Waals surface area contributed by atoms with Crippen molar-refractivity contribution < 1.29 is 41.6 Å². The molecule has 2 rings (SSSR count). The molecule has 0 unspecified atom stereocenters. The minimum Gasteiger partial charge on any atom is -0.507 e. The average Bonchev–Trinajstić information content (AvgIpc) is 3.20. The summed E-state index contributed by atoms with van der Waals surface area (Å²) in [5.41, 5.74) is 0.877. The molecule has 0 atom stereocenters. The Morgan fingerprint density at radius 2 is 1.74 bits per heavy atom. The van der Waals surface area contributed by atoms with Gasteiger partial charge in [0, 0.05) is 17.1 Å². The smallest absolute Gasteiger partial charge is 0.345 e. The van der Waals surface area contributed by atoms with Gasteiger partial charge in [-0.05, 0) is 49.6 Å². The molecular formula is C15H17CuO5PS. The Kier molecular flexibility index (Phi) is 10.4. The standard InChI is InChI=1S/C10H13O3P.C5H4O2S.Cu/c1-3-8(11)14(9(12)4-2)10-6-5-7-13-10;6-5(7)4-2-1-3-8-4;/h3-7,11-12H,1-2H3;1-3H,(H,6,7);/b8-3+,9-4+;;. The SMILES string of the molecule is C/C=C(\O)P(/C(O)=C/C)c1ccco1.O=C(O)c1cccs1.[Cu]. The second-order valence-corrected chi connectivity index (χ2v) is 6.84. The van der Waals surface area contributed by atoms with Gasteiger partial charge in [-0.2, -0.15) is 0 Å². The molecule has 0 aliphatic carbocycles. The first kappa shape index (κ1) is 21.5. The number of furan rings is 1. The molecular weight excluding hydrogens is 387 g/mol. The van der Waals surface area contributed by atoms with Gasteiger partial charge in [-0.25, -0.2) is 4.79 Å². The van der Waals surface area contributed by atoms with Gasteiger partial charge >= 0.3 is 5.97 Å². The zero-order valence-electron chi connectivity index (χ0n) is 12.4. The van der Waals surface area contributed by atoms with Crippen LogP contribution < -0.4 is 5.50 Å². The van der Waals surface area contributed by atoms with Crippen molar-refractivity contribution in [2.24, 2.45) is 0 Å². The van der Waals surface area contributed by atoms with Crippen molar-refractivity contribution in [3.05, 3.63) is 63.9 Å². The van der Waals surface area contributed by atoms with Gasteiger partial charge in [0.15, 0.2) is 0 Å². The fraction of sp³-hybridized carbons (Fsp3) is 0.133. The molecule has 23 heavy (non-hydrogen) atoms. The number of aliphatic hydroxyl groups is 2. The molecule has 8 heteroatoms. The molecule has 0 saturated heterocycles. The zero-order valence-corrected chi connectivity index (χ0v) is 15.1. The molecule has 3 N–H and O–H groups in total. The van der Waals surface area contributed by atoms with Crippen molar-refractivity contribution in [2.45, 2.75) is 13.8 Å². The van der Waals surface area contributed by atoms with Gasteiger partial charge in [0.25, 0.3) is 0 Å². The van der Waals surface area contributed by atoms with E-state index < -0.39 is 13.9 Å². The van der Waals surface area contributed by atoms with Crippen LogP contribution in [-0.4, -0.2) is 21.3 Å². The van der Waals surface area contributed by atoms with Gasteiger partial charge < -0.3 is 19.7 Å². The summed E-state index contributed by atoms with van der Waals surface area (Å²) in [7, 11) is -1.27. The van der Waals surface area contributed by atoms with E-state index in [2.05, 4.69) is 0 Å². The Bertz CT molecular complexity index is 617. The molecule has 0 fully saturated rings. The van der Waals surface area contributed by atoms with Crippen LogP contribution in [0, 0.1) is 0 Å². The summed E-state index contributed by atoms with van der Waals surface area (Å²) in [5, 5.41) is 29.3. The van der Waals surface area contributed by atoms with Crippen molar-refractivity contribution in [3.8, 4) is 0 Å². The molecule has 0 aliphatic rings. The van der Waals surface area contributed by atoms with E-state index in [4.69, 9.17) is 9.52 Å². The second-order valence-electron chi connectivity index (χ2n) is 3.86. The molecule has 1 radical (unpaired) electrons. The van der Waals surface area contributed by atoms with Gasteiger partial charge in [-0.1, -0.05) is 6.07 Å². The number of allylic oxidation sites excluding steroid dienone is 2. The Hall–Kier alpha value is -1.52. The van der Waals surface area contributed by atoms with Crippen LogP contribution in [0.4, 0.5) is 0 Å². The number of carbonyl (C=O) groups is 1. The van der Waals surface area contributed by atoms with Crippen molar-refractivity contribution >= 4 is 30.7 Å². The maximum Gasteiger partial charge on any atom is 0.345 e. The molecule has 5 nitrogen and oxygen atoms in total. The third-order valence-corrected chi connectivity index (χ3v) is 5.42. The average molecular weight is 404 g/mol. The third-order valence-electron chi connectivity index (χ3n) is 2.43. The number of carboxylic acids is 1. The normalized spacial score (nSPS) is 12.6. The molecule has 0 spiro atoms. The van der Waals surface area contributed by atoms with E-state index >= 15 is 0 Å². The van der Waals surface area contributed by atoms with Gasteiger partial charge in [0.1, 0.15) is 21.4 Å². The Labute approximate surface area is 150 Å². The largest absolute Gasteiger partial charge is 0.507 e. The maximum atomic E-state index is 10.1. The number of thiophene rings is 1. The number of hydrogen-bond acceptors (Lipinski definition) is 5. The number of aliphatic hydroxyl groups excluding tert-OH is 2. The fourth-order valence-corrected chi connectivity index (χ4v) is 3.56. The van der Waals surface area contributed by atoms with Gasteiger partial charge in [-0.3, -0.25) is 0 Å². The fourth-order valence-electron chi connectivity index (χ4n) is 1.40. The van der Waals surface area contributed by atoms with Crippen LogP contribution >= 0.6 is 19.3 Å². The molecule has 2 aromatic heterocycles. The summed E-state index contributed by atoms with van der Waals surface area (Å²) in [5.74, 6) is -0.847. The van der Waals surface area contributed by atoms with Crippen LogP contribution in [0.1, 0.15) is 23.5 Å². The summed E-state index contributed by atoms with van der Waals surface area (Å²) in [4.78, 5) is 10.5. The molecule has 0 aromatic carbocycles. The van der Waals surface area contributed by atoms with Crippen molar-refractivity contribution in [1.82, 2.24) is 0 Å². The third kappa shape index (κ3) is 6.63. The summed E-state index contributed by atoms with van der Waals surface area (Å²) >= 11 is 1.23. The van der Waals surface area contributed by atoms with Gasteiger partial charge in [0.05, 0.1) is 14.2 Å². The van der Waals surface area contributed by atoms with Crippen molar-refractivity contribution in [3.63, 3.8) is 0 Å².